The van der Waals surface area contributed by atoms with E-state index in [1.54, 1.807) is 37.3 Å². The predicted octanol–water partition coefficient (Wildman–Crippen LogP) is 3.28. The summed E-state index contributed by atoms with van der Waals surface area (Å²) < 4.78 is 25.7. The van der Waals surface area contributed by atoms with E-state index in [1.165, 1.54) is 25.2 Å². The van der Waals surface area contributed by atoms with Gasteiger partial charge in [0.25, 0.3) is 17.7 Å². The molecule has 3 atom stereocenters. The predicted molar refractivity (Wildman–Crippen MR) is 177 cm³/mol. The number of carbonyl (C=O) groups is 3. The topological polar surface area (TPSA) is 201 Å². The monoisotopic (exact) mass is 680 g/mol. The van der Waals surface area contributed by atoms with Gasteiger partial charge in [0.15, 0.2) is 11.2 Å². The number of nitro groups is 1. The molecule has 1 aromatic heterocycles. The van der Waals surface area contributed by atoms with Crippen molar-refractivity contribution in [3.63, 3.8) is 0 Å². The first-order valence-electron chi connectivity index (χ1n) is 14.1. The maximum absolute atomic E-state index is 13.7. The second kappa shape index (κ2) is 14.9. The molecule has 3 amide bonds. The lowest BCUT2D eigenvalue weighted by molar-refractivity contribution is -0.380. The molecule has 0 unspecified atom stereocenters. The highest BCUT2D eigenvalue weighted by Crippen LogP contribution is 2.26. The minimum atomic E-state index is -3.80. The maximum atomic E-state index is 13.7. The van der Waals surface area contributed by atoms with Crippen molar-refractivity contribution in [3.8, 4) is 0 Å². The summed E-state index contributed by atoms with van der Waals surface area (Å²) in [6, 6.07) is 20.1. The van der Waals surface area contributed by atoms with Crippen LogP contribution in [-0.2, 0) is 21.2 Å². The van der Waals surface area contributed by atoms with E-state index in [0.29, 0.717) is 16.9 Å². The fourth-order valence-corrected chi connectivity index (χ4v) is 5.61. The van der Waals surface area contributed by atoms with Crippen LogP contribution in [0, 0.1) is 10.1 Å². The molecule has 0 fully saturated rings. The van der Waals surface area contributed by atoms with Gasteiger partial charge >= 0.3 is 5.00 Å². The van der Waals surface area contributed by atoms with Gasteiger partial charge in [0.1, 0.15) is 6.20 Å². The second-order valence-corrected chi connectivity index (χ2v) is 13.6. The standard InChI is InChI=1S/C31H32N6O8S2/c1-19(21-12-8-5-9-13-21)33-28(39)22-15-23(17-24(16-22)36(2)47(3,44)45)29(40)34-25(14-20-10-6-4-7-11-20)27(38)30(41)35-31-32-18-26(46-31)37(42)43/h4-13,15-19,25,27,38H,14H2,1-3H3,(H,33,39)(H,34,40)(H,32,35,41)/t19-,25+,27-/m1/s1. The minimum absolute atomic E-state index is 0.00537. The molecule has 4 aromatic rings. The molecule has 1 heterocycles. The highest BCUT2D eigenvalue weighted by atomic mass is 32.2. The van der Waals surface area contributed by atoms with Crippen LogP contribution in [0.2, 0.25) is 0 Å². The van der Waals surface area contributed by atoms with Gasteiger partial charge in [0.2, 0.25) is 10.0 Å². The average molecular weight is 681 g/mol. The van der Waals surface area contributed by atoms with E-state index < -0.39 is 50.9 Å². The third-order valence-corrected chi connectivity index (χ3v) is 9.19. The highest BCUT2D eigenvalue weighted by Gasteiger charge is 2.30. The van der Waals surface area contributed by atoms with Crippen molar-refractivity contribution in [2.24, 2.45) is 0 Å². The molecular formula is C31H32N6O8S2. The van der Waals surface area contributed by atoms with E-state index in [0.717, 1.165) is 22.3 Å². The first-order chi connectivity index (χ1) is 22.2. The number of sulfonamides is 1. The fraction of sp³-hybridized carbons (Fsp3) is 0.226. The van der Waals surface area contributed by atoms with E-state index in [1.807, 2.05) is 30.3 Å². The number of rotatable bonds is 13. The Labute approximate surface area is 274 Å². The molecule has 246 valence electrons. The summed E-state index contributed by atoms with van der Waals surface area (Å²) >= 11 is 0.594. The Balaban J connectivity index is 1.64. The molecule has 14 nitrogen and oxygen atoms in total. The molecule has 16 heteroatoms. The number of anilines is 2. The summed E-state index contributed by atoms with van der Waals surface area (Å²) in [4.78, 5) is 54.2. The van der Waals surface area contributed by atoms with Gasteiger partial charge in [0, 0.05) is 18.2 Å². The molecular weight excluding hydrogens is 649 g/mol. The summed E-state index contributed by atoms with van der Waals surface area (Å²) in [5.41, 5.74) is 1.40. The van der Waals surface area contributed by atoms with Crippen LogP contribution in [0.4, 0.5) is 15.8 Å². The summed E-state index contributed by atoms with van der Waals surface area (Å²) in [5, 5.41) is 29.5. The average Bonchev–Trinajstić information content (AvgIpc) is 3.52. The number of nitrogens with zero attached hydrogens (tertiary/aromatic N) is 3. The number of carbonyl (C=O) groups excluding carboxylic acids is 3. The zero-order chi connectivity index (χ0) is 34.3. The Morgan fingerprint density at radius 1 is 0.979 bits per heavy atom. The molecule has 0 bridgehead atoms. The zero-order valence-corrected chi connectivity index (χ0v) is 27.1. The largest absolute Gasteiger partial charge is 0.381 e. The summed E-state index contributed by atoms with van der Waals surface area (Å²) in [7, 11) is -2.53. The number of nitrogens with one attached hydrogen (secondary N) is 3. The van der Waals surface area contributed by atoms with Gasteiger partial charge in [-0.05, 0) is 54.0 Å². The zero-order valence-electron chi connectivity index (χ0n) is 25.5. The summed E-state index contributed by atoms with van der Waals surface area (Å²) in [5.74, 6) is -2.36. The minimum Gasteiger partial charge on any atom is -0.381 e. The van der Waals surface area contributed by atoms with Gasteiger partial charge in [-0.2, -0.15) is 0 Å². The smallest absolute Gasteiger partial charge is 0.345 e. The van der Waals surface area contributed by atoms with E-state index in [2.05, 4.69) is 20.9 Å². The first-order valence-corrected chi connectivity index (χ1v) is 16.8. The third-order valence-electron chi connectivity index (χ3n) is 7.12. The van der Waals surface area contributed by atoms with E-state index in [-0.39, 0.29) is 33.4 Å². The molecule has 3 aromatic carbocycles. The molecule has 0 aliphatic heterocycles. The van der Waals surface area contributed by atoms with Crippen LogP contribution in [0.3, 0.4) is 0 Å². The van der Waals surface area contributed by atoms with Gasteiger partial charge in [0.05, 0.1) is 29.0 Å². The van der Waals surface area contributed by atoms with Crippen LogP contribution >= 0.6 is 11.3 Å². The van der Waals surface area contributed by atoms with Crippen molar-refractivity contribution in [1.82, 2.24) is 15.6 Å². The lowest BCUT2D eigenvalue weighted by atomic mass is 9.99. The van der Waals surface area contributed by atoms with Crippen LogP contribution in [0.15, 0.2) is 85.1 Å². The molecule has 0 aliphatic carbocycles. The molecule has 0 aliphatic rings. The maximum Gasteiger partial charge on any atom is 0.345 e. The third kappa shape index (κ3) is 9.18. The molecule has 0 radical (unpaired) electrons. The number of aliphatic hydroxyl groups is 1. The van der Waals surface area contributed by atoms with Gasteiger partial charge in [-0.3, -0.25) is 34.1 Å². The number of amides is 3. The Bertz CT molecular complexity index is 1870. The quantitative estimate of drug-likeness (QED) is 0.121. The van der Waals surface area contributed by atoms with Crippen LogP contribution in [-0.4, -0.2) is 66.6 Å². The molecule has 0 saturated heterocycles. The number of aliphatic hydroxyl groups excluding tert-OH is 1. The molecule has 47 heavy (non-hydrogen) atoms. The Morgan fingerprint density at radius 3 is 2.11 bits per heavy atom. The molecule has 4 rings (SSSR count). The van der Waals surface area contributed by atoms with Gasteiger partial charge in [-0.25, -0.2) is 13.4 Å². The van der Waals surface area contributed by atoms with Crippen molar-refractivity contribution < 1.29 is 32.8 Å². The normalized spacial score (nSPS) is 13.1. The van der Waals surface area contributed by atoms with E-state index >= 15 is 0 Å². The van der Waals surface area contributed by atoms with Crippen molar-refractivity contribution in [1.29, 1.82) is 0 Å². The van der Waals surface area contributed by atoms with E-state index in [4.69, 9.17) is 0 Å². The van der Waals surface area contributed by atoms with Crippen LogP contribution < -0.4 is 20.3 Å². The van der Waals surface area contributed by atoms with Crippen molar-refractivity contribution in [2.75, 3.05) is 22.9 Å². The van der Waals surface area contributed by atoms with Crippen LogP contribution in [0.1, 0.15) is 44.8 Å². The Hall–Kier alpha value is -5.19. The van der Waals surface area contributed by atoms with Crippen molar-refractivity contribution >= 4 is 54.9 Å². The fourth-order valence-electron chi connectivity index (χ4n) is 4.48. The SMILES string of the molecule is C[C@@H](NC(=O)c1cc(C(=O)N[C@@H](Cc2ccccc2)[C@@H](O)C(=O)Nc2ncc([N+](=O)[O-])s2)cc(N(C)S(C)(=O)=O)c1)c1ccccc1. The Morgan fingerprint density at radius 2 is 1.55 bits per heavy atom. The van der Waals surface area contributed by atoms with Crippen molar-refractivity contribution in [2.45, 2.75) is 31.5 Å². The van der Waals surface area contributed by atoms with Gasteiger partial charge in [-0.15, -0.1) is 0 Å². The van der Waals surface area contributed by atoms with Gasteiger partial charge in [-0.1, -0.05) is 60.7 Å². The molecule has 0 saturated carbocycles. The first kappa shape index (κ1) is 34.7. The number of hydrogen-bond donors (Lipinski definition) is 4. The molecule has 0 spiro atoms. The van der Waals surface area contributed by atoms with Crippen molar-refractivity contribution in [3.05, 3.63) is 117 Å². The number of hydrogen-bond acceptors (Lipinski definition) is 10. The van der Waals surface area contributed by atoms with Crippen LogP contribution in [0.5, 0.6) is 0 Å². The summed E-state index contributed by atoms with van der Waals surface area (Å²) in [6.45, 7) is 1.78. The second-order valence-electron chi connectivity index (χ2n) is 10.6. The lowest BCUT2D eigenvalue weighted by Gasteiger charge is -2.24. The number of benzene rings is 3. The Kier molecular flexibility index (Phi) is 11.0. The highest BCUT2D eigenvalue weighted by molar-refractivity contribution is 7.92. The lowest BCUT2D eigenvalue weighted by Crippen LogP contribution is -2.50. The van der Waals surface area contributed by atoms with Crippen LogP contribution in [0.25, 0.3) is 0 Å². The summed E-state index contributed by atoms with van der Waals surface area (Å²) in [6.07, 6.45) is 0.0756. The van der Waals surface area contributed by atoms with E-state index in [9.17, 15) is 38.0 Å². The number of aromatic nitrogens is 1. The number of thiazole rings is 1. The molecule has 4 N–H and O–H groups in total. The van der Waals surface area contributed by atoms with Gasteiger partial charge < -0.3 is 15.7 Å².